The van der Waals surface area contributed by atoms with E-state index in [1.807, 2.05) is 0 Å². The van der Waals surface area contributed by atoms with Crippen LogP contribution in [0.25, 0.3) is 0 Å². The molecular formula is C19H18N4O2S. The van der Waals surface area contributed by atoms with E-state index in [1.54, 1.807) is 24.2 Å². The van der Waals surface area contributed by atoms with E-state index in [2.05, 4.69) is 50.2 Å². The Kier molecular flexibility index (Phi) is 4.78. The van der Waals surface area contributed by atoms with Crippen molar-refractivity contribution in [1.29, 1.82) is 0 Å². The Morgan fingerprint density at radius 3 is 2.92 bits per heavy atom. The predicted octanol–water partition coefficient (Wildman–Crippen LogP) is 2.98. The second-order valence-corrected chi connectivity index (χ2v) is 7.42. The highest BCUT2D eigenvalue weighted by Crippen LogP contribution is 2.42. The van der Waals surface area contributed by atoms with Gasteiger partial charge in [-0.2, -0.15) is 0 Å². The molecule has 0 spiro atoms. The molecule has 2 aliphatic heterocycles. The first-order valence-electron chi connectivity index (χ1n) is 8.53. The number of fused-ring (bicyclic) bond motifs is 2. The van der Waals surface area contributed by atoms with Crippen LogP contribution in [0, 0.1) is 17.8 Å². The van der Waals surface area contributed by atoms with Crippen LogP contribution in [0.15, 0.2) is 40.5 Å². The Hall–Kier alpha value is -2.56. The molecule has 0 radical (unpaired) electrons. The third-order valence-corrected chi connectivity index (χ3v) is 5.61. The number of aliphatic carboxylic acids is 1. The van der Waals surface area contributed by atoms with Gasteiger partial charge in [0, 0.05) is 35.7 Å². The van der Waals surface area contributed by atoms with Crippen LogP contribution in [-0.4, -0.2) is 39.0 Å². The second-order valence-electron chi connectivity index (χ2n) is 6.39. The second kappa shape index (κ2) is 7.36. The maximum absolute atomic E-state index is 10.5. The fourth-order valence-electron chi connectivity index (χ4n) is 3.24. The van der Waals surface area contributed by atoms with Crippen LogP contribution in [-0.2, 0) is 11.3 Å². The summed E-state index contributed by atoms with van der Waals surface area (Å²) in [6, 6.07) is 6.46. The highest BCUT2D eigenvalue weighted by Gasteiger charge is 2.20. The molecule has 1 saturated heterocycles. The summed E-state index contributed by atoms with van der Waals surface area (Å²) in [5.41, 5.74) is 2.32. The quantitative estimate of drug-likeness (QED) is 0.675. The molecule has 1 aromatic heterocycles. The van der Waals surface area contributed by atoms with Gasteiger partial charge in [0.15, 0.2) is 5.82 Å². The highest BCUT2D eigenvalue weighted by molar-refractivity contribution is 7.99. The minimum Gasteiger partial charge on any atom is -0.472 e. The minimum atomic E-state index is -1.04. The van der Waals surface area contributed by atoms with Gasteiger partial charge in [0.1, 0.15) is 5.03 Å². The van der Waals surface area contributed by atoms with Crippen molar-refractivity contribution in [2.45, 2.75) is 29.3 Å². The lowest BCUT2D eigenvalue weighted by Crippen LogP contribution is -2.32. The number of hydrogen-bond acceptors (Lipinski definition) is 6. The fourth-order valence-corrected chi connectivity index (χ4v) is 4.12. The number of rotatable bonds is 2. The van der Waals surface area contributed by atoms with Crippen LogP contribution in [0.3, 0.4) is 0 Å². The topological polar surface area (TPSA) is 78.4 Å². The molecule has 2 aliphatic rings. The molecule has 7 heteroatoms. The maximum Gasteiger partial charge on any atom is 0.381 e. The van der Waals surface area contributed by atoms with Gasteiger partial charge in [-0.3, -0.25) is 4.90 Å². The molecule has 0 unspecified atom stereocenters. The average Bonchev–Trinajstić information content (AvgIpc) is 2.66. The first-order chi connectivity index (χ1) is 12.7. The lowest BCUT2D eigenvalue weighted by Gasteiger charge is -2.30. The Morgan fingerprint density at radius 1 is 1.31 bits per heavy atom. The summed E-state index contributed by atoms with van der Waals surface area (Å²) in [5, 5.41) is 12.9. The standard InChI is InChI=1S/C19H18N4O2S/c24-17(25)4-2-13-5-9-23(10-6-13)12-14-1-3-16-15(11-14)22-18-19(26-16)21-8-7-20-18/h1,3,7-8,11,13H,5-6,9-10,12H2,(H,20,22)(H,24,25). The van der Waals surface area contributed by atoms with Crippen LogP contribution in [0.1, 0.15) is 18.4 Å². The number of hydrogen-bond donors (Lipinski definition) is 2. The molecule has 26 heavy (non-hydrogen) atoms. The highest BCUT2D eigenvalue weighted by atomic mass is 32.2. The van der Waals surface area contributed by atoms with Gasteiger partial charge in [-0.1, -0.05) is 23.7 Å². The number of carboxylic acids is 1. The van der Waals surface area contributed by atoms with Crippen LogP contribution < -0.4 is 5.32 Å². The molecule has 0 atom stereocenters. The SMILES string of the molecule is O=C(O)C#CC1CCN(Cc2ccc3c(c2)Nc2nccnc2S3)CC1. The average molecular weight is 366 g/mol. The molecule has 0 amide bonds. The van der Waals surface area contributed by atoms with Gasteiger partial charge in [-0.05, 0) is 43.6 Å². The molecule has 0 aliphatic carbocycles. The molecule has 1 fully saturated rings. The number of aromatic nitrogens is 2. The summed E-state index contributed by atoms with van der Waals surface area (Å²) in [6.07, 6.45) is 5.24. The van der Waals surface area contributed by atoms with Gasteiger partial charge < -0.3 is 10.4 Å². The van der Waals surface area contributed by atoms with Gasteiger partial charge in [-0.15, -0.1) is 0 Å². The van der Waals surface area contributed by atoms with Crippen molar-refractivity contribution in [1.82, 2.24) is 14.9 Å². The molecule has 132 valence electrons. The van der Waals surface area contributed by atoms with E-state index < -0.39 is 5.97 Å². The van der Waals surface area contributed by atoms with Crippen molar-refractivity contribution < 1.29 is 9.90 Å². The smallest absolute Gasteiger partial charge is 0.381 e. The van der Waals surface area contributed by atoms with E-state index in [-0.39, 0.29) is 5.92 Å². The Balaban J connectivity index is 1.39. The largest absolute Gasteiger partial charge is 0.472 e. The van der Waals surface area contributed by atoms with E-state index in [4.69, 9.17) is 5.11 Å². The lowest BCUT2D eigenvalue weighted by molar-refractivity contribution is -0.130. The van der Waals surface area contributed by atoms with Crippen LogP contribution in [0.4, 0.5) is 11.5 Å². The van der Waals surface area contributed by atoms with Gasteiger partial charge in [0.25, 0.3) is 0 Å². The van der Waals surface area contributed by atoms with Gasteiger partial charge >= 0.3 is 5.97 Å². The fraction of sp³-hybridized carbons (Fsp3) is 0.316. The Morgan fingerprint density at radius 2 is 2.12 bits per heavy atom. The zero-order chi connectivity index (χ0) is 17.9. The minimum absolute atomic E-state index is 0.194. The third kappa shape index (κ3) is 3.82. The summed E-state index contributed by atoms with van der Waals surface area (Å²) < 4.78 is 0. The van der Waals surface area contributed by atoms with Crippen molar-refractivity contribution >= 4 is 29.2 Å². The maximum atomic E-state index is 10.5. The van der Waals surface area contributed by atoms with Crippen LogP contribution in [0.5, 0.6) is 0 Å². The zero-order valence-electron chi connectivity index (χ0n) is 14.1. The number of likely N-dealkylation sites (tertiary alicyclic amines) is 1. The van der Waals surface area contributed by atoms with Crippen LogP contribution >= 0.6 is 11.8 Å². The van der Waals surface area contributed by atoms with Gasteiger partial charge in [0.2, 0.25) is 0 Å². The van der Waals surface area contributed by atoms with Gasteiger partial charge in [0.05, 0.1) is 5.69 Å². The van der Waals surface area contributed by atoms with E-state index in [0.29, 0.717) is 0 Å². The van der Waals surface area contributed by atoms with Crippen molar-refractivity contribution in [3.63, 3.8) is 0 Å². The van der Waals surface area contributed by atoms with Crippen molar-refractivity contribution in [2.75, 3.05) is 18.4 Å². The molecule has 4 rings (SSSR count). The molecular weight excluding hydrogens is 348 g/mol. The summed E-state index contributed by atoms with van der Waals surface area (Å²) in [4.78, 5) is 22.8. The number of nitrogens with one attached hydrogen (secondary N) is 1. The normalized spacial score (nSPS) is 16.6. The molecule has 6 nitrogen and oxygen atoms in total. The zero-order valence-corrected chi connectivity index (χ0v) is 14.9. The molecule has 3 heterocycles. The molecule has 1 aromatic carbocycles. The van der Waals surface area contributed by atoms with E-state index >= 15 is 0 Å². The summed E-state index contributed by atoms with van der Waals surface area (Å²) in [7, 11) is 0. The Labute approximate surface area is 156 Å². The first kappa shape index (κ1) is 16.9. The molecule has 0 bridgehead atoms. The number of benzene rings is 1. The molecule has 2 N–H and O–H groups in total. The summed E-state index contributed by atoms with van der Waals surface area (Å²) in [6.45, 7) is 2.76. The van der Waals surface area contributed by atoms with E-state index in [0.717, 1.165) is 53.9 Å². The molecule has 2 aromatic rings. The summed E-state index contributed by atoms with van der Waals surface area (Å²) in [5.74, 6) is 5.06. The van der Waals surface area contributed by atoms with Crippen LogP contribution in [0.2, 0.25) is 0 Å². The molecule has 0 saturated carbocycles. The van der Waals surface area contributed by atoms with E-state index in [9.17, 15) is 4.79 Å². The number of carbonyl (C=O) groups is 1. The number of carboxylic acid groups (broad SMARTS) is 1. The predicted molar refractivity (Wildman–Crippen MR) is 99.3 cm³/mol. The number of nitrogens with zero attached hydrogens (tertiary/aromatic N) is 3. The third-order valence-electron chi connectivity index (χ3n) is 4.55. The number of piperidine rings is 1. The van der Waals surface area contributed by atoms with Crippen molar-refractivity contribution in [3.05, 3.63) is 36.2 Å². The van der Waals surface area contributed by atoms with Crippen molar-refractivity contribution in [2.24, 2.45) is 5.92 Å². The first-order valence-corrected chi connectivity index (χ1v) is 9.34. The van der Waals surface area contributed by atoms with Crippen molar-refractivity contribution in [3.8, 4) is 11.8 Å². The Bertz CT molecular complexity index is 898. The monoisotopic (exact) mass is 366 g/mol. The van der Waals surface area contributed by atoms with Gasteiger partial charge in [-0.25, -0.2) is 14.8 Å². The van der Waals surface area contributed by atoms with E-state index in [1.165, 1.54) is 5.56 Å². The summed E-state index contributed by atoms with van der Waals surface area (Å²) >= 11 is 1.63. The lowest BCUT2D eigenvalue weighted by atomic mass is 9.97. The number of anilines is 2.